The molecule has 0 spiro atoms. The summed E-state index contributed by atoms with van der Waals surface area (Å²) in [6.45, 7) is 7.26. The van der Waals surface area contributed by atoms with E-state index in [1.165, 1.54) is 0 Å². The van der Waals surface area contributed by atoms with E-state index in [1.54, 1.807) is 54.0 Å². The Hall–Kier alpha value is -3.31. The van der Waals surface area contributed by atoms with Crippen LogP contribution >= 0.6 is 0 Å². The first-order valence-electron chi connectivity index (χ1n) is 19.2. The van der Waals surface area contributed by atoms with Gasteiger partial charge in [0.05, 0.1) is 31.3 Å². The van der Waals surface area contributed by atoms with E-state index >= 15 is 0 Å². The number of rotatable bonds is 14. The number of methoxy groups -OCH3 is 2. The molecule has 1 amide bonds. The van der Waals surface area contributed by atoms with E-state index in [-0.39, 0.29) is 72.8 Å². The van der Waals surface area contributed by atoms with E-state index in [4.69, 9.17) is 23.4 Å². The summed E-state index contributed by atoms with van der Waals surface area (Å²) in [5.41, 5.74) is 0.682. The van der Waals surface area contributed by atoms with Gasteiger partial charge in [0, 0.05) is 44.4 Å². The van der Waals surface area contributed by atoms with Gasteiger partial charge in [0.25, 0.3) is 0 Å². The summed E-state index contributed by atoms with van der Waals surface area (Å²) in [5, 5.41) is 0.695. The second-order valence-electron chi connectivity index (χ2n) is 16.3. The van der Waals surface area contributed by atoms with Gasteiger partial charge in [-0.05, 0) is 127 Å². The van der Waals surface area contributed by atoms with Crippen LogP contribution < -0.4 is 0 Å². The highest BCUT2D eigenvalue weighted by Crippen LogP contribution is 2.43. The highest BCUT2D eigenvalue weighted by Gasteiger charge is 2.47. The molecule has 10 nitrogen and oxygen atoms in total. The number of Topliss-reactive ketones (excluding diaryl/α,β-unsaturated/α-hetero) is 1. The molecule has 1 aliphatic heterocycles. The molecule has 1 aromatic heterocycles. The Labute approximate surface area is 307 Å². The molecule has 0 unspecified atom stereocenters. The molecule has 1 aromatic carbocycles. The van der Waals surface area contributed by atoms with Crippen LogP contribution in [-0.4, -0.2) is 86.4 Å². The number of amides is 1. The summed E-state index contributed by atoms with van der Waals surface area (Å²) in [6, 6.07) is 6.58. The van der Waals surface area contributed by atoms with Crippen molar-refractivity contribution in [2.45, 2.75) is 122 Å². The number of fused-ring (bicyclic) bond motifs is 1. The molecule has 2 saturated carbocycles. The summed E-state index contributed by atoms with van der Waals surface area (Å²) >= 11 is 0. The lowest BCUT2D eigenvalue weighted by Gasteiger charge is -2.38. The minimum atomic E-state index is -0.624. The summed E-state index contributed by atoms with van der Waals surface area (Å²) in [5.74, 6) is -1.10. The number of nitrogens with zero attached hydrogens (tertiary/aromatic N) is 1. The Kier molecular flexibility index (Phi) is 13.6. The van der Waals surface area contributed by atoms with Crippen LogP contribution in [0.2, 0.25) is 0 Å². The zero-order valence-corrected chi connectivity index (χ0v) is 31.8. The Balaban J connectivity index is 1.27. The summed E-state index contributed by atoms with van der Waals surface area (Å²) in [4.78, 5) is 55.6. The summed E-state index contributed by atoms with van der Waals surface area (Å²) in [6.07, 6.45) is 7.34. The predicted octanol–water partition coefficient (Wildman–Crippen LogP) is 7.28. The van der Waals surface area contributed by atoms with Crippen LogP contribution in [0.1, 0.15) is 108 Å². The molecule has 3 fully saturated rings. The van der Waals surface area contributed by atoms with Crippen LogP contribution in [0.3, 0.4) is 0 Å². The number of carbonyl (C=O) groups is 4. The van der Waals surface area contributed by atoms with Gasteiger partial charge >= 0.3 is 11.9 Å². The fraction of sp³-hybridized carbons (Fsp3) is 0.707. The van der Waals surface area contributed by atoms with Crippen molar-refractivity contribution in [2.75, 3.05) is 34.0 Å². The number of benzene rings is 1. The van der Waals surface area contributed by atoms with Crippen LogP contribution in [0.5, 0.6) is 0 Å². The van der Waals surface area contributed by atoms with Gasteiger partial charge in [-0.2, -0.15) is 0 Å². The van der Waals surface area contributed by atoms with Crippen molar-refractivity contribution in [1.29, 1.82) is 0 Å². The van der Waals surface area contributed by atoms with Crippen LogP contribution in [-0.2, 0) is 39.8 Å². The zero-order chi connectivity index (χ0) is 37.6. The van der Waals surface area contributed by atoms with Gasteiger partial charge in [0.15, 0.2) is 5.78 Å². The van der Waals surface area contributed by atoms with Gasteiger partial charge in [-0.3, -0.25) is 18.8 Å². The Morgan fingerprint density at radius 2 is 1.67 bits per heavy atom. The summed E-state index contributed by atoms with van der Waals surface area (Å²) < 4.78 is 41.4. The number of ether oxygens (including phenoxy) is 4. The number of furan rings is 1. The third-order valence-electron chi connectivity index (χ3n) is 11.6. The van der Waals surface area contributed by atoms with Gasteiger partial charge in [0.1, 0.15) is 17.8 Å². The third-order valence-corrected chi connectivity index (χ3v) is 11.6. The summed E-state index contributed by atoms with van der Waals surface area (Å²) in [7, 11) is 3.30. The van der Waals surface area contributed by atoms with E-state index in [2.05, 4.69) is 0 Å². The maximum absolute atomic E-state index is 14.4. The Morgan fingerprint density at radius 3 is 2.31 bits per heavy atom. The Bertz CT molecular complexity index is 1530. The molecule has 288 valence electrons. The van der Waals surface area contributed by atoms with Crippen LogP contribution in [0.4, 0.5) is 4.39 Å². The first-order valence-corrected chi connectivity index (χ1v) is 19.2. The van der Waals surface area contributed by atoms with Gasteiger partial charge in [-0.1, -0.05) is 6.07 Å². The Morgan fingerprint density at radius 1 is 0.962 bits per heavy atom. The lowest BCUT2D eigenvalue weighted by atomic mass is 9.73. The minimum Gasteiger partial charge on any atom is -0.460 e. The number of ketones is 1. The average Bonchev–Trinajstić information content (AvgIpc) is 3.77. The number of carbonyl (C=O) groups excluding carboxylic acids is 4. The predicted molar refractivity (Wildman–Crippen MR) is 193 cm³/mol. The van der Waals surface area contributed by atoms with Crippen molar-refractivity contribution in [3.63, 3.8) is 0 Å². The van der Waals surface area contributed by atoms with Crippen LogP contribution in [0.25, 0.3) is 11.0 Å². The minimum absolute atomic E-state index is 0.00965. The monoisotopic (exact) mass is 727 g/mol. The van der Waals surface area contributed by atoms with Gasteiger partial charge < -0.3 is 28.3 Å². The molecule has 5 rings (SSSR count). The molecule has 1 saturated heterocycles. The van der Waals surface area contributed by atoms with E-state index in [0.29, 0.717) is 49.1 Å². The van der Waals surface area contributed by atoms with Crippen molar-refractivity contribution in [3.05, 3.63) is 35.6 Å². The molecule has 2 heterocycles. The van der Waals surface area contributed by atoms with Gasteiger partial charge in [-0.25, -0.2) is 4.79 Å². The number of halogens is 1. The SMILES string of the molecule is COC1CCC([C@@H]2CCN(C(=O)C3CCC([C@@H](CF)CC(=O)OC(C)(C)C)CC3)[C@@H]2C(=O)Cc2ccc3oc(C(=O)OC[C@H](C)OC)cc3c2)CC1. The molecular weight excluding hydrogens is 669 g/mol. The second-order valence-corrected chi connectivity index (χ2v) is 16.3. The normalized spacial score (nSPS) is 26.6. The van der Waals surface area contributed by atoms with Gasteiger partial charge in [0.2, 0.25) is 11.7 Å². The van der Waals surface area contributed by atoms with E-state index in [9.17, 15) is 23.6 Å². The quantitative estimate of drug-likeness (QED) is 0.185. The van der Waals surface area contributed by atoms with Crippen molar-refractivity contribution < 1.29 is 46.9 Å². The first kappa shape index (κ1) is 39.9. The topological polar surface area (TPSA) is 122 Å². The molecule has 52 heavy (non-hydrogen) atoms. The van der Waals surface area contributed by atoms with Crippen LogP contribution in [0, 0.1) is 29.6 Å². The number of esters is 2. The van der Waals surface area contributed by atoms with Crippen molar-refractivity contribution >= 4 is 34.6 Å². The van der Waals surface area contributed by atoms with Crippen molar-refractivity contribution in [1.82, 2.24) is 4.90 Å². The molecule has 0 radical (unpaired) electrons. The van der Waals surface area contributed by atoms with Crippen molar-refractivity contribution in [2.24, 2.45) is 29.6 Å². The maximum Gasteiger partial charge on any atom is 0.374 e. The third kappa shape index (κ3) is 10.0. The second kappa shape index (κ2) is 17.7. The molecule has 2 aromatic rings. The fourth-order valence-electron chi connectivity index (χ4n) is 8.68. The lowest BCUT2D eigenvalue weighted by molar-refractivity contribution is -0.157. The molecule has 4 atom stereocenters. The molecular formula is C41H58FNO9. The first-order chi connectivity index (χ1) is 24.8. The smallest absolute Gasteiger partial charge is 0.374 e. The highest BCUT2D eigenvalue weighted by molar-refractivity contribution is 5.94. The standard InChI is InChI=1S/C41H58FNO9/c1-25(48-5)24-50-40(47)36-21-30-19-26(7-16-35(30)51-36)20-34(44)38-33(28-12-14-32(49-6)15-13-28)17-18-43(38)39(46)29-10-8-27(9-11-29)31(23-42)22-37(45)52-41(2,3)4/h7,16,19,21,25,27-29,31-33,38H,8-15,17-18,20,22-24H2,1-6H3/t25-,27?,28?,29?,31+,32?,33-,38-/m0/s1. The zero-order valence-electron chi connectivity index (χ0n) is 31.8. The molecule has 11 heteroatoms. The molecule has 0 bridgehead atoms. The molecule has 3 aliphatic rings. The average molecular weight is 728 g/mol. The number of hydrogen-bond donors (Lipinski definition) is 0. The maximum atomic E-state index is 14.4. The number of hydrogen-bond acceptors (Lipinski definition) is 9. The fourth-order valence-corrected chi connectivity index (χ4v) is 8.68. The van der Waals surface area contributed by atoms with E-state index in [0.717, 1.165) is 37.7 Å². The van der Waals surface area contributed by atoms with Gasteiger partial charge in [-0.15, -0.1) is 0 Å². The number of alkyl halides is 1. The highest BCUT2D eigenvalue weighted by atomic mass is 19.1. The van der Waals surface area contributed by atoms with Crippen molar-refractivity contribution in [3.8, 4) is 0 Å². The molecule has 2 aliphatic carbocycles. The van der Waals surface area contributed by atoms with E-state index < -0.39 is 30.2 Å². The molecule has 0 N–H and O–H groups in total. The number of likely N-dealkylation sites (tertiary alicyclic amines) is 1. The van der Waals surface area contributed by atoms with Crippen LogP contribution in [0.15, 0.2) is 28.7 Å². The largest absolute Gasteiger partial charge is 0.460 e. The lowest BCUT2D eigenvalue weighted by Crippen LogP contribution is -2.48. The van der Waals surface area contributed by atoms with E-state index in [1.807, 2.05) is 17.0 Å².